The van der Waals surface area contributed by atoms with Gasteiger partial charge < -0.3 is 10.1 Å². The highest BCUT2D eigenvalue weighted by atomic mass is 79.9. The molecule has 0 aliphatic heterocycles. The molecule has 28 heavy (non-hydrogen) atoms. The smallest absolute Gasteiger partial charge is 0.343 e. The van der Waals surface area contributed by atoms with Crippen LogP contribution in [-0.2, 0) is 9.53 Å². The number of ether oxygens (including phenoxy) is 1. The number of aromatic nitrogens is 2. The Bertz CT molecular complexity index is 995. The Kier molecular flexibility index (Phi) is 6.39. The number of hydrogen-bond acceptors (Lipinski definition) is 4. The van der Waals surface area contributed by atoms with Crippen molar-refractivity contribution in [3.05, 3.63) is 82.5 Å². The molecule has 0 spiro atoms. The van der Waals surface area contributed by atoms with Gasteiger partial charge in [-0.15, -0.1) is 0 Å². The molecular formula is C21H18BrN3O3. The van der Waals surface area contributed by atoms with E-state index in [2.05, 4.69) is 26.3 Å². The second kappa shape index (κ2) is 9.14. The SMILES string of the molecule is CCOC(=O)c1cnn(-c2ccccc2)c1NC(=O)/C=C/c1ccc(Br)cc1. The van der Waals surface area contributed by atoms with Gasteiger partial charge in [-0.2, -0.15) is 5.10 Å². The van der Waals surface area contributed by atoms with Crippen LogP contribution in [0.1, 0.15) is 22.8 Å². The number of nitrogens with zero attached hydrogens (tertiary/aromatic N) is 2. The number of esters is 1. The first kappa shape index (κ1) is 19.6. The van der Waals surface area contributed by atoms with Crippen LogP contribution in [0.3, 0.4) is 0 Å². The zero-order valence-corrected chi connectivity index (χ0v) is 16.7. The summed E-state index contributed by atoms with van der Waals surface area (Å²) < 4.78 is 7.53. The van der Waals surface area contributed by atoms with Crippen LogP contribution in [0, 0.1) is 0 Å². The molecule has 3 rings (SSSR count). The van der Waals surface area contributed by atoms with E-state index in [1.807, 2.05) is 54.6 Å². The lowest BCUT2D eigenvalue weighted by Gasteiger charge is -2.10. The maximum absolute atomic E-state index is 12.5. The summed E-state index contributed by atoms with van der Waals surface area (Å²) in [5.74, 6) is -0.668. The number of rotatable bonds is 6. The Hall–Kier alpha value is -3.19. The first-order valence-electron chi connectivity index (χ1n) is 8.63. The van der Waals surface area contributed by atoms with Crippen LogP contribution in [0.2, 0.25) is 0 Å². The minimum atomic E-state index is -0.545. The van der Waals surface area contributed by atoms with E-state index >= 15 is 0 Å². The van der Waals surface area contributed by atoms with E-state index in [1.54, 1.807) is 13.0 Å². The number of amides is 1. The molecule has 0 saturated carbocycles. The van der Waals surface area contributed by atoms with Gasteiger partial charge in [0.05, 0.1) is 18.5 Å². The van der Waals surface area contributed by atoms with Gasteiger partial charge in [0.15, 0.2) is 5.82 Å². The van der Waals surface area contributed by atoms with Crippen molar-refractivity contribution in [1.29, 1.82) is 0 Å². The summed E-state index contributed by atoms with van der Waals surface area (Å²) in [5.41, 5.74) is 1.78. The molecule has 1 heterocycles. The van der Waals surface area contributed by atoms with Crippen molar-refractivity contribution in [2.24, 2.45) is 0 Å². The van der Waals surface area contributed by atoms with Gasteiger partial charge in [0, 0.05) is 10.5 Å². The van der Waals surface area contributed by atoms with Gasteiger partial charge in [0.25, 0.3) is 0 Å². The molecule has 0 atom stereocenters. The largest absolute Gasteiger partial charge is 0.462 e. The van der Waals surface area contributed by atoms with Crippen LogP contribution in [0.4, 0.5) is 5.82 Å². The van der Waals surface area contributed by atoms with E-state index in [1.165, 1.54) is 17.0 Å². The van der Waals surface area contributed by atoms with E-state index in [9.17, 15) is 9.59 Å². The Morgan fingerprint density at radius 2 is 1.86 bits per heavy atom. The van der Waals surface area contributed by atoms with Crippen LogP contribution in [0.25, 0.3) is 11.8 Å². The third-order valence-corrected chi connectivity index (χ3v) is 4.33. The van der Waals surface area contributed by atoms with Crippen molar-refractivity contribution in [3.8, 4) is 5.69 Å². The quantitative estimate of drug-likeness (QED) is 0.454. The lowest BCUT2D eigenvalue weighted by molar-refractivity contribution is -0.111. The van der Waals surface area contributed by atoms with Gasteiger partial charge in [-0.05, 0) is 42.8 Å². The van der Waals surface area contributed by atoms with Crippen molar-refractivity contribution in [2.75, 3.05) is 11.9 Å². The van der Waals surface area contributed by atoms with Crippen LogP contribution in [-0.4, -0.2) is 28.3 Å². The molecule has 6 nitrogen and oxygen atoms in total. The summed E-state index contributed by atoms with van der Waals surface area (Å²) in [6.07, 6.45) is 4.48. The van der Waals surface area contributed by atoms with Crippen molar-refractivity contribution >= 4 is 39.7 Å². The normalized spacial score (nSPS) is 10.8. The van der Waals surface area contributed by atoms with Crippen LogP contribution in [0.15, 0.2) is 71.3 Å². The maximum atomic E-state index is 12.5. The Morgan fingerprint density at radius 3 is 2.54 bits per heavy atom. The van der Waals surface area contributed by atoms with E-state index in [-0.39, 0.29) is 23.9 Å². The summed E-state index contributed by atoms with van der Waals surface area (Å²) in [6, 6.07) is 16.8. The highest BCUT2D eigenvalue weighted by Gasteiger charge is 2.20. The fourth-order valence-corrected chi connectivity index (χ4v) is 2.76. The maximum Gasteiger partial charge on any atom is 0.343 e. The average molecular weight is 440 g/mol. The van der Waals surface area contributed by atoms with Gasteiger partial charge in [0.2, 0.25) is 5.91 Å². The number of carbonyl (C=O) groups excluding carboxylic acids is 2. The van der Waals surface area contributed by atoms with Crippen LogP contribution in [0.5, 0.6) is 0 Å². The molecule has 3 aromatic rings. The van der Waals surface area contributed by atoms with Crippen molar-refractivity contribution < 1.29 is 14.3 Å². The molecule has 0 saturated heterocycles. The fourth-order valence-electron chi connectivity index (χ4n) is 2.50. The lowest BCUT2D eigenvalue weighted by Crippen LogP contribution is -2.16. The standard InChI is InChI=1S/C21H18BrN3O3/c1-2-28-21(27)18-14-23-25(17-6-4-3-5-7-17)20(18)24-19(26)13-10-15-8-11-16(22)12-9-15/h3-14H,2H2,1H3,(H,24,26)/b13-10+. The number of benzene rings is 2. The van der Waals surface area contributed by atoms with Crippen molar-refractivity contribution in [2.45, 2.75) is 6.92 Å². The van der Waals surface area contributed by atoms with E-state index in [0.29, 0.717) is 5.69 Å². The number of hydrogen-bond donors (Lipinski definition) is 1. The molecule has 142 valence electrons. The van der Waals surface area contributed by atoms with E-state index < -0.39 is 5.97 Å². The summed E-state index contributed by atoms with van der Waals surface area (Å²) in [7, 11) is 0. The highest BCUT2D eigenvalue weighted by Crippen LogP contribution is 2.21. The second-order valence-corrected chi connectivity index (χ2v) is 6.66. The number of anilines is 1. The fraction of sp³-hybridized carbons (Fsp3) is 0.0952. The predicted molar refractivity (Wildman–Crippen MR) is 111 cm³/mol. The summed E-state index contributed by atoms with van der Waals surface area (Å²) >= 11 is 3.37. The predicted octanol–water partition coefficient (Wildman–Crippen LogP) is 4.46. The van der Waals surface area contributed by atoms with Gasteiger partial charge >= 0.3 is 5.97 Å². The average Bonchev–Trinajstić information content (AvgIpc) is 3.12. The molecule has 0 aliphatic rings. The van der Waals surface area contributed by atoms with Gasteiger partial charge in [0.1, 0.15) is 5.56 Å². The molecule has 0 unspecified atom stereocenters. The summed E-state index contributed by atoms with van der Waals surface area (Å²) in [5, 5.41) is 6.99. The van der Waals surface area contributed by atoms with Gasteiger partial charge in [-0.3, -0.25) is 4.79 Å². The molecule has 2 aromatic carbocycles. The number of halogens is 1. The first-order valence-corrected chi connectivity index (χ1v) is 9.43. The highest BCUT2D eigenvalue weighted by molar-refractivity contribution is 9.10. The third-order valence-electron chi connectivity index (χ3n) is 3.80. The minimum Gasteiger partial charge on any atom is -0.462 e. The topological polar surface area (TPSA) is 73.2 Å². The molecule has 0 aliphatic carbocycles. The molecule has 0 radical (unpaired) electrons. The Morgan fingerprint density at radius 1 is 1.14 bits per heavy atom. The van der Waals surface area contributed by atoms with Crippen LogP contribution < -0.4 is 5.32 Å². The Balaban J connectivity index is 1.88. The molecule has 0 bridgehead atoms. The van der Waals surface area contributed by atoms with E-state index in [0.717, 1.165) is 10.0 Å². The Labute approximate surface area is 171 Å². The van der Waals surface area contributed by atoms with Gasteiger partial charge in [-0.25, -0.2) is 9.48 Å². The lowest BCUT2D eigenvalue weighted by atomic mass is 10.2. The summed E-state index contributed by atoms with van der Waals surface area (Å²) in [6.45, 7) is 1.95. The monoisotopic (exact) mass is 439 g/mol. The zero-order valence-electron chi connectivity index (χ0n) is 15.1. The minimum absolute atomic E-state index is 0.191. The molecule has 7 heteroatoms. The molecule has 0 fully saturated rings. The van der Waals surface area contributed by atoms with Crippen LogP contribution >= 0.6 is 15.9 Å². The van der Waals surface area contributed by atoms with Crippen molar-refractivity contribution in [1.82, 2.24) is 9.78 Å². The number of para-hydroxylation sites is 1. The first-order chi connectivity index (χ1) is 13.6. The number of carbonyl (C=O) groups is 2. The number of nitrogens with one attached hydrogen (secondary N) is 1. The molecule has 1 N–H and O–H groups in total. The third kappa shape index (κ3) is 4.75. The molecular weight excluding hydrogens is 422 g/mol. The van der Waals surface area contributed by atoms with Gasteiger partial charge in [-0.1, -0.05) is 46.3 Å². The van der Waals surface area contributed by atoms with Crippen molar-refractivity contribution in [3.63, 3.8) is 0 Å². The summed E-state index contributed by atoms with van der Waals surface area (Å²) in [4.78, 5) is 24.7. The molecule has 1 amide bonds. The zero-order chi connectivity index (χ0) is 19.9. The molecule has 1 aromatic heterocycles. The van der Waals surface area contributed by atoms with E-state index in [4.69, 9.17) is 4.74 Å². The second-order valence-electron chi connectivity index (χ2n) is 5.75.